The van der Waals surface area contributed by atoms with Crippen LogP contribution in [-0.4, -0.2) is 41.8 Å². The fourth-order valence-electron chi connectivity index (χ4n) is 1.71. The Morgan fingerprint density at radius 1 is 1.31 bits per heavy atom. The van der Waals surface area contributed by atoms with Crippen molar-refractivity contribution >= 4 is 17.5 Å². The molecule has 0 spiro atoms. The van der Waals surface area contributed by atoms with E-state index >= 15 is 0 Å². The first-order valence-corrected chi connectivity index (χ1v) is 6.34. The molecule has 1 heterocycles. The molecule has 0 aromatic rings. The van der Waals surface area contributed by atoms with Crippen molar-refractivity contribution in [3.8, 4) is 0 Å². The van der Waals surface area contributed by atoms with E-state index in [2.05, 4.69) is 4.90 Å². The summed E-state index contributed by atoms with van der Waals surface area (Å²) in [7, 11) is 0. The highest BCUT2D eigenvalue weighted by Crippen LogP contribution is 2.30. The van der Waals surface area contributed by atoms with E-state index in [0.29, 0.717) is 11.7 Å². The molecule has 3 heteroatoms. The molecule has 0 amide bonds. The molecule has 1 aliphatic heterocycles. The summed E-state index contributed by atoms with van der Waals surface area (Å²) in [5.41, 5.74) is 0. The van der Waals surface area contributed by atoms with Crippen molar-refractivity contribution in [3.05, 3.63) is 0 Å². The van der Waals surface area contributed by atoms with Crippen LogP contribution in [0.15, 0.2) is 0 Å². The van der Waals surface area contributed by atoms with Crippen LogP contribution < -0.4 is 0 Å². The molecule has 1 aliphatic carbocycles. The number of thioether (sulfide) groups is 1. The number of hydrogen-bond acceptors (Lipinski definition) is 3. The van der Waals surface area contributed by atoms with Crippen LogP contribution in [-0.2, 0) is 4.79 Å². The van der Waals surface area contributed by atoms with Crippen molar-refractivity contribution in [2.75, 3.05) is 31.1 Å². The lowest BCUT2D eigenvalue weighted by atomic mass is 10.2. The summed E-state index contributed by atoms with van der Waals surface area (Å²) in [4.78, 5) is 13.9. The summed E-state index contributed by atoms with van der Waals surface area (Å²) in [6, 6.07) is 0. The van der Waals surface area contributed by atoms with Gasteiger partial charge in [-0.3, -0.25) is 9.69 Å². The Hall–Kier alpha value is -0.0200. The summed E-state index contributed by atoms with van der Waals surface area (Å²) >= 11 is 2.02. The lowest BCUT2D eigenvalue weighted by Gasteiger charge is -2.17. The molecule has 13 heavy (non-hydrogen) atoms. The Morgan fingerprint density at radius 2 is 2.15 bits per heavy atom. The second kappa shape index (κ2) is 4.47. The molecule has 1 saturated heterocycles. The Bertz CT molecular complexity index is 183. The van der Waals surface area contributed by atoms with E-state index in [4.69, 9.17) is 0 Å². The molecule has 0 N–H and O–H groups in total. The predicted molar refractivity (Wildman–Crippen MR) is 56.1 cm³/mol. The summed E-state index contributed by atoms with van der Waals surface area (Å²) in [6.45, 7) is 2.97. The normalized spacial score (nSPS) is 25.5. The van der Waals surface area contributed by atoms with Gasteiger partial charge < -0.3 is 0 Å². The Balaban J connectivity index is 1.74. The second-order valence-corrected chi connectivity index (χ2v) is 5.21. The van der Waals surface area contributed by atoms with Gasteiger partial charge in [-0.15, -0.1) is 0 Å². The highest BCUT2D eigenvalue weighted by atomic mass is 32.2. The van der Waals surface area contributed by atoms with Gasteiger partial charge in [0.25, 0.3) is 0 Å². The molecule has 0 unspecified atom stereocenters. The van der Waals surface area contributed by atoms with Crippen LogP contribution in [0, 0.1) is 5.92 Å². The molecule has 74 valence electrons. The molecule has 2 aliphatic rings. The third-order valence-electron chi connectivity index (χ3n) is 2.73. The van der Waals surface area contributed by atoms with Crippen LogP contribution in [0.25, 0.3) is 0 Å². The Morgan fingerprint density at radius 3 is 2.92 bits per heavy atom. The lowest BCUT2D eigenvalue weighted by Crippen LogP contribution is -2.32. The van der Waals surface area contributed by atoms with E-state index in [-0.39, 0.29) is 0 Å². The van der Waals surface area contributed by atoms with Crippen molar-refractivity contribution < 1.29 is 4.79 Å². The molecular weight excluding hydrogens is 182 g/mol. The van der Waals surface area contributed by atoms with Gasteiger partial charge in [-0.05, 0) is 31.6 Å². The number of nitrogens with zero attached hydrogens (tertiary/aromatic N) is 1. The third kappa shape index (κ3) is 2.99. The maximum absolute atomic E-state index is 11.5. The van der Waals surface area contributed by atoms with Crippen LogP contribution in [0.1, 0.15) is 19.3 Å². The number of ketones is 1. The van der Waals surface area contributed by atoms with Crippen LogP contribution >= 0.6 is 11.8 Å². The van der Waals surface area contributed by atoms with Crippen LogP contribution in [0.5, 0.6) is 0 Å². The standard InChI is InChI=1S/C10H17NOS/c12-10(9-2-3-9)8-11-4-1-6-13-7-5-11/h9H,1-8H2. The van der Waals surface area contributed by atoms with E-state index < -0.39 is 0 Å². The van der Waals surface area contributed by atoms with Gasteiger partial charge in [0, 0.05) is 18.2 Å². The number of Topliss-reactive ketones (excluding diaryl/α,β-unsaturated/α-hetero) is 1. The number of rotatable bonds is 3. The van der Waals surface area contributed by atoms with E-state index in [1.807, 2.05) is 11.8 Å². The zero-order chi connectivity index (χ0) is 9.10. The van der Waals surface area contributed by atoms with E-state index in [9.17, 15) is 4.79 Å². The maximum atomic E-state index is 11.5. The molecule has 0 aromatic carbocycles. The van der Waals surface area contributed by atoms with Gasteiger partial charge in [0.05, 0.1) is 6.54 Å². The van der Waals surface area contributed by atoms with Gasteiger partial charge in [0.15, 0.2) is 0 Å². The first-order valence-electron chi connectivity index (χ1n) is 5.19. The summed E-state index contributed by atoms with van der Waals surface area (Å²) < 4.78 is 0. The number of hydrogen-bond donors (Lipinski definition) is 0. The summed E-state index contributed by atoms with van der Waals surface area (Å²) in [6.07, 6.45) is 3.56. The lowest BCUT2D eigenvalue weighted by molar-refractivity contribution is -0.121. The smallest absolute Gasteiger partial charge is 0.149 e. The number of carbonyl (C=O) groups is 1. The predicted octanol–water partition coefficient (Wildman–Crippen LogP) is 1.40. The van der Waals surface area contributed by atoms with Crippen molar-refractivity contribution in [3.63, 3.8) is 0 Å². The van der Waals surface area contributed by atoms with Gasteiger partial charge in [0.1, 0.15) is 5.78 Å². The molecule has 1 saturated carbocycles. The van der Waals surface area contributed by atoms with Crippen molar-refractivity contribution in [1.82, 2.24) is 4.90 Å². The average Bonchev–Trinajstić information content (AvgIpc) is 2.92. The SMILES string of the molecule is O=C(CN1CCCSCC1)C1CC1. The van der Waals surface area contributed by atoms with Crippen molar-refractivity contribution in [1.29, 1.82) is 0 Å². The first-order chi connectivity index (χ1) is 6.36. The van der Waals surface area contributed by atoms with Gasteiger partial charge in [0.2, 0.25) is 0 Å². The highest BCUT2D eigenvalue weighted by Gasteiger charge is 2.30. The summed E-state index contributed by atoms with van der Waals surface area (Å²) in [5.74, 6) is 3.41. The average molecular weight is 199 g/mol. The maximum Gasteiger partial charge on any atom is 0.149 e. The minimum absolute atomic E-state index is 0.441. The fraction of sp³-hybridized carbons (Fsp3) is 0.900. The monoisotopic (exact) mass is 199 g/mol. The zero-order valence-electron chi connectivity index (χ0n) is 8.00. The second-order valence-electron chi connectivity index (χ2n) is 3.98. The van der Waals surface area contributed by atoms with E-state index in [0.717, 1.165) is 32.5 Å². The minimum atomic E-state index is 0.441. The van der Waals surface area contributed by atoms with E-state index in [1.54, 1.807) is 0 Å². The molecule has 2 fully saturated rings. The van der Waals surface area contributed by atoms with Crippen LogP contribution in [0.4, 0.5) is 0 Å². The first kappa shape index (κ1) is 9.53. The Kier molecular flexibility index (Phi) is 3.28. The van der Waals surface area contributed by atoms with Crippen molar-refractivity contribution in [2.45, 2.75) is 19.3 Å². The summed E-state index contributed by atoms with van der Waals surface area (Å²) in [5, 5.41) is 0. The largest absolute Gasteiger partial charge is 0.298 e. The zero-order valence-corrected chi connectivity index (χ0v) is 8.81. The minimum Gasteiger partial charge on any atom is -0.298 e. The van der Waals surface area contributed by atoms with Crippen LogP contribution in [0.2, 0.25) is 0 Å². The van der Waals surface area contributed by atoms with E-state index in [1.165, 1.54) is 17.9 Å². The molecule has 2 nitrogen and oxygen atoms in total. The quantitative estimate of drug-likeness (QED) is 0.685. The number of carbonyl (C=O) groups excluding carboxylic acids is 1. The van der Waals surface area contributed by atoms with Gasteiger partial charge >= 0.3 is 0 Å². The highest BCUT2D eigenvalue weighted by molar-refractivity contribution is 7.99. The third-order valence-corrected chi connectivity index (χ3v) is 3.78. The van der Waals surface area contributed by atoms with Gasteiger partial charge in [-0.1, -0.05) is 0 Å². The molecule has 2 rings (SSSR count). The Labute approximate surface area is 84.1 Å². The molecular formula is C10H17NOS. The van der Waals surface area contributed by atoms with Crippen molar-refractivity contribution in [2.24, 2.45) is 5.92 Å². The van der Waals surface area contributed by atoms with Gasteiger partial charge in [-0.2, -0.15) is 11.8 Å². The fourth-order valence-corrected chi connectivity index (χ4v) is 2.64. The molecule has 0 atom stereocenters. The molecule has 0 bridgehead atoms. The van der Waals surface area contributed by atoms with Gasteiger partial charge in [-0.25, -0.2) is 0 Å². The topological polar surface area (TPSA) is 20.3 Å². The molecule has 0 aromatic heterocycles. The van der Waals surface area contributed by atoms with Crippen LogP contribution in [0.3, 0.4) is 0 Å². The molecule has 0 radical (unpaired) electrons.